The third-order valence-electron chi connectivity index (χ3n) is 5.15. The molecule has 0 aliphatic carbocycles. The molecule has 0 radical (unpaired) electrons. The van der Waals surface area contributed by atoms with Crippen LogP contribution in [-0.4, -0.2) is 45.6 Å². The number of carbonyl (C=O) groups is 1. The van der Waals surface area contributed by atoms with Crippen LogP contribution in [0.1, 0.15) is 30.9 Å². The monoisotopic (exact) mass is 392 g/mol. The summed E-state index contributed by atoms with van der Waals surface area (Å²) in [5, 5.41) is 11.7. The molecule has 26 heavy (non-hydrogen) atoms. The lowest BCUT2D eigenvalue weighted by Gasteiger charge is -2.40. The number of aromatic nitrogens is 1. The van der Waals surface area contributed by atoms with Gasteiger partial charge in [0.15, 0.2) is 0 Å². The van der Waals surface area contributed by atoms with Gasteiger partial charge < -0.3 is 14.6 Å². The molecule has 1 aliphatic rings. The lowest BCUT2D eigenvalue weighted by molar-refractivity contribution is -0.139. The number of hydrogen-bond acceptors (Lipinski definition) is 3. The van der Waals surface area contributed by atoms with Gasteiger partial charge in [-0.1, -0.05) is 23.7 Å². The number of rotatable bonds is 6. The summed E-state index contributed by atoms with van der Waals surface area (Å²) in [6.07, 6.45) is 7.87. The van der Waals surface area contributed by atoms with Gasteiger partial charge in [-0.15, -0.1) is 0 Å². The van der Waals surface area contributed by atoms with Crippen LogP contribution in [0.2, 0.25) is 5.02 Å². The first-order chi connectivity index (χ1) is 12.5. The molecule has 6 heteroatoms. The Morgan fingerprint density at radius 2 is 1.85 bits per heavy atom. The van der Waals surface area contributed by atoms with Crippen molar-refractivity contribution in [1.82, 2.24) is 9.47 Å². The molecule has 0 saturated carbocycles. The van der Waals surface area contributed by atoms with E-state index < -0.39 is 5.60 Å². The number of benzene rings is 1. The molecule has 1 N–H and O–H groups in total. The van der Waals surface area contributed by atoms with Crippen molar-refractivity contribution in [1.29, 1.82) is 0 Å². The minimum Gasteiger partial charge on any atom is -0.385 e. The average Bonchev–Trinajstić information content (AvgIpc) is 3.17. The smallest absolute Gasteiger partial charge is 0.245 e. The van der Waals surface area contributed by atoms with Crippen LogP contribution < -0.4 is 0 Å². The number of aliphatic hydroxyl groups is 1. The lowest BCUT2D eigenvalue weighted by Crippen LogP contribution is -2.47. The van der Waals surface area contributed by atoms with Gasteiger partial charge >= 0.3 is 0 Å². The lowest BCUT2D eigenvalue weighted by atomic mass is 9.84. The van der Waals surface area contributed by atoms with Crippen LogP contribution in [0.5, 0.6) is 0 Å². The van der Waals surface area contributed by atoms with Gasteiger partial charge in [-0.3, -0.25) is 4.79 Å². The molecule has 4 nitrogen and oxygen atoms in total. The quantitative estimate of drug-likeness (QED) is 0.809. The highest BCUT2D eigenvalue weighted by Crippen LogP contribution is 2.34. The molecule has 0 unspecified atom stereocenters. The summed E-state index contributed by atoms with van der Waals surface area (Å²) in [6.45, 7) is 1.13. The number of carbonyl (C=O) groups excluding carboxylic acids is 1. The molecule has 1 fully saturated rings. The third-order valence-corrected chi connectivity index (χ3v) is 6.05. The summed E-state index contributed by atoms with van der Waals surface area (Å²) >= 11 is 7.70. The first kappa shape index (κ1) is 19.3. The van der Waals surface area contributed by atoms with Gasteiger partial charge in [-0.2, -0.15) is 11.8 Å². The van der Waals surface area contributed by atoms with Gasteiger partial charge in [0.25, 0.3) is 0 Å². The number of piperidine rings is 1. The summed E-state index contributed by atoms with van der Waals surface area (Å²) in [5.41, 5.74) is -0.0119. The van der Waals surface area contributed by atoms with Crippen LogP contribution in [-0.2, 0) is 10.4 Å². The molecule has 1 saturated heterocycles. The second kappa shape index (κ2) is 8.51. The summed E-state index contributed by atoms with van der Waals surface area (Å²) in [5.74, 6) is 1.09. The topological polar surface area (TPSA) is 45.5 Å². The van der Waals surface area contributed by atoms with Crippen molar-refractivity contribution < 1.29 is 9.90 Å². The molecule has 3 rings (SSSR count). The predicted molar refractivity (Wildman–Crippen MR) is 108 cm³/mol. The molecular formula is C20H25ClN2O2S. The molecular weight excluding hydrogens is 368 g/mol. The van der Waals surface area contributed by atoms with E-state index >= 15 is 0 Å². The Kier molecular flexibility index (Phi) is 6.33. The van der Waals surface area contributed by atoms with E-state index in [0.29, 0.717) is 31.0 Å². The minimum absolute atomic E-state index is 0.147. The molecule has 1 aliphatic heterocycles. The molecule has 140 valence electrons. The number of halogens is 1. The maximum absolute atomic E-state index is 13.1. The number of nitrogens with zero attached hydrogens (tertiary/aromatic N) is 2. The molecule has 1 amide bonds. The zero-order chi connectivity index (χ0) is 18.6. The van der Waals surface area contributed by atoms with Gasteiger partial charge in [0, 0.05) is 30.5 Å². The summed E-state index contributed by atoms with van der Waals surface area (Å²) in [6, 6.07) is 11.1. The van der Waals surface area contributed by atoms with E-state index in [1.54, 1.807) is 23.9 Å². The van der Waals surface area contributed by atoms with Gasteiger partial charge in [0.2, 0.25) is 5.91 Å². The van der Waals surface area contributed by atoms with E-state index in [1.165, 1.54) is 0 Å². The highest BCUT2D eigenvalue weighted by molar-refractivity contribution is 7.98. The highest BCUT2D eigenvalue weighted by atomic mass is 35.5. The van der Waals surface area contributed by atoms with Crippen molar-refractivity contribution in [3.63, 3.8) is 0 Å². The van der Waals surface area contributed by atoms with Crippen LogP contribution in [0, 0.1) is 0 Å². The standard InChI is InChI=1S/C20H25ClN2O2S/c1-26-15-8-18(22-11-2-3-12-22)19(24)23-13-9-20(25,10-14-23)16-4-6-17(21)7-5-16/h2-7,11-12,18,25H,8-10,13-15H2,1H3/t18-/m1/s1. The van der Waals surface area contributed by atoms with E-state index in [4.69, 9.17) is 11.6 Å². The average molecular weight is 393 g/mol. The van der Waals surface area contributed by atoms with Gasteiger partial charge in [-0.25, -0.2) is 0 Å². The Labute approximate surface area is 164 Å². The second-order valence-electron chi connectivity index (χ2n) is 6.79. The van der Waals surface area contributed by atoms with E-state index in [2.05, 4.69) is 6.26 Å². The molecule has 2 aromatic rings. The highest BCUT2D eigenvalue weighted by Gasteiger charge is 2.37. The van der Waals surface area contributed by atoms with Gasteiger partial charge in [0.1, 0.15) is 6.04 Å². The first-order valence-corrected chi connectivity index (χ1v) is 10.7. The van der Waals surface area contributed by atoms with Crippen molar-refractivity contribution in [3.05, 3.63) is 59.4 Å². The Morgan fingerprint density at radius 1 is 1.23 bits per heavy atom. The van der Waals surface area contributed by atoms with Crippen LogP contribution in [0.4, 0.5) is 0 Å². The Hall–Kier alpha value is -1.43. The number of likely N-dealkylation sites (tertiary alicyclic amines) is 1. The number of thioether (sulfide) groups is 1. The normalized spacial score (nSPS) is 17.9. The van der Waals surface area contributed by atoms with E-state index in [9.17, 15) is 9.90 Å². The van der Waals surface area contributed by atoms with Crippen molar-refractivity contribution in [2.75, 3.05) is 25.1 Å². The maximum atomic E-state index is 13.1. The van der Waals surface area contributed by atoms with Crippen LogP contribution >= 0.6 is 23.4 Å². The zero-order valence-electron chi connectivity index (χ0n) is 15.0. The Balaban J connectivity index is 1.67. The Morgan fingerprint density at radius 3 is 2.42 bits per heavy atom. The first-order valence-electron chi connectivity index (χ1n) is 8.92. The zero-order valence-corrected chi connectivity index (χ0v) is 16.5. The van der Waals surface area contributed by atoms with Crippen molar-refractivity contribution in [2.45, 2.75) is 30.9 Å². The largest absolute Gasteiger partial charge is 0.385 e. The minimum atomic E-state index is -0.885. The molecule has 0 spiro atoms. The molecule has 1 aromatic heterocycles. The molecule has 0 bridgehead atoms. The number of amides is 1. The van der Waals surface area contributed by atoms with Crippen molar-refractivity contribution >= 4 is 29.3 Å². The fourth-order valence-corrected chi connectivity index (χ4v) is 4.13. The van der Waals surface area contributed by atoms with Crippen molar-refractivity contribution in [3.8, 4) is 0 Å². The third kappa shape index (κ3) is 4.27. The molecule has 2 heterocycles. The molecule has 1 aromatic carbocycles. The Bertz CT molecular complexity index is 710. The van der Waals surface area contributed by atoms with Crippen molar-refractivity contribution in [2.24, 2.45) is 0 Å². The fraction of sp³-hybridized carbons (Fsp3) is 0.450. The van der Waals surface area contributed by atoms with Gasteiger partial charge in [0.05, 0.1) is 5.60 Å². The van der Waals surface area contributed by atoms with E-state index in [0.717, 1.165) is 17.7 Å². The SMILES string of the molecule is CSCC[C@H](C(=O)N1CCC(O)(c2ccc(Cl)cc2)CC1)n1cccc1. The fourth-order valence-electron chi connectivity index (χ4n) is 3.54. The second-order valence-corrected chi connectivity index (χ2v) is 8.21. The summed E-state index contributed by atoms with van der Waals surface area (Å²) < 4.78 is 2.00. The predicted octanol–water partition coefficient (Wildman–Crippen LogP) is 3.95. The van der Waals surface area contributed by atoms with Crippen LogP contribution in [0.3, 0.4) is 0 Å². The van der Waals surface area contributed by atoms with Crippen LogP contribution in [0.25, 0.3) is 0 Å². The summed E-state index contributed by atoms with van der Waals surface area (Å²) in [4.78, 5) is 15.0. The maximum Gasteiger partial charge on any atom is 0.245 e. The van der Waals surface area contributed by atoms with E-state index in [-0.39, 0.29) is 11.9 Å². The van der Waals surface area contributed by atoms with E-state index in [1.807, 2.05) is 46.1 Å². The molecule has 1 atom stereocenters. The number of hydrogen-bond donors (Lipinski definition) is 1. The van der Waals surface area contributed by atoms with Gasteiger partial charge in [-0.05, 0) is 61.1 Å². The summed E-state index contributed by atoms with van der Waals surface area (Å²) in [7, 11) is 0. The van der Waals surface area contributed by atoms with Crippen LogP contribution in [0.15, 0.2) is 48.8 Å².